The molecule has 6 rings (SSSR count). The standard InChI is InChI=1S/C27H28N4O4/c32-25(30-11-8-18(9-12-30)23-3-1-2-19-10-13-35-26(19)23)17-29-15-21-5-6-22(16-29)31(21)24-7-4-20(14-28-24)27(33)34/h1-4,7-8,10,13-14,21-22H,5-6,9,11-12,15-17H2,(H,33,34). The third-order valence-corrected chi connectivity index (χ3v) is 7.56. The molecular weight excluding hydrogens is 444 g/mol. The average Bonchev–Trinajstić information content (AvgIpc) is 3.46. The van der Waals surface area contributed by atoms with Crippen LogP contribution in [0, 0.1) is 0 Å². The Balaban J connectivity index is 1.08. The highest BCUT2D eigenvalue weighted by Crippen LogP contribution is 2.34. The van der Waals surface area contributed by atoms with Crippen LogP contribution in [0.5, 0.6) is 0 Å². The van der Waals surface area contributed by atoms with Gasteiger partial charge in [0.1, 0.15) is 11.4 Å². The van der Waals surface area contributed by atoms with E-state index >= 15 is 0 Å². The number of piperazine rings is 1. The predicted octanol–water partition coefficient (Wildman–Crippen LogP) is 3.49. The molecule has 1 aromatic carbocycles. The number of rotatable bonds is 5. The van der Waals surface area contributed by atoms with Crippen molar-refractivity contribution >= 4 is 34.2 Å². The van der Waals surface area contributed by atoms with Gasteiger partial charge >= 0.3 is 5.97 Å². The maximum Gasteiger partial charge on any atom is 0.337 e. The van der Waals surface area contributed by atoms with Crippen LogP contribution in [-0.2, 0) is 4.79 Å². The first kappa shape index (κ1) is 21.9. The van der Waals surface area contributed by atoms with Gasteiger partial charge in [-0.15, -0.1) is 0 Å². The molecule has 2 saturated heterocycles. The van der Waals surface area contributed by atoms with E-state index in [0.717, 1.165) is 54.7 Å². The molecule has 2 aromatic heterocycles. The number of carbonyl (C=O) groups excluding carboxylic acids is 1. The van der Waals surface area contributed by atoms with Gasteiger partial charge in [-0.2, -0.15) is 0 Å². The van der Waals surface area contributed by atoms with Crippen LogP contribution in [0.25, 0.3) is 16.5 Å². The Morgan fingerprint density at radius 2 is 1.91 bits per heavy atom. The topological polar surface area (TPSA) is 90.1 Å². The van der Waals surface area contributed by atoms with Crippen LogP contribution >= 0.6 is 0 Å². The summed E-state index contributed by atoms with van der Waals surface area (Å²) < 4.78 is 5.70. The van der Waals surface area contributed by atoms with Gasteiger partial charge in [0.2, 0.25) is 5.91 Å². The largest absolute Gasteiger partial charge is 0.478 e. The van der Waals surface area contributed by atoms with E-state index in [4.69, 9.17) is 9.52 Å². The molecule has 1 N–H and O–H groups in total. The van der Waals surface area contributed by atoms with Crippen LogP contribution in [0.1, 0.15) is 35.2 Å². The summed E-state index contributed by atoms with van der Waals surface area (Å²) in [7, 11) is 0. The van der Waals surface area contributed by atoms with Gasteiger partial charge in [0.25, 0.3) is 0 Å². The van der Waals surface area contributed by atoms with E-state index < -0.39 is 5.97 Å². The molecule has 0 aliphatic carbocycles. The van der Waals surface area contributed by atoms with Crippen molar-refractivity contribution in [2.24, 2.45) is 0 Å². The predicted molar refractivity (Wildman–Crippen MR) is 132 cm³/mol. The first-order valence-corrected chi connectivity index (χ1v) is 12.2. The minimum Gasteiger partial charge on any atom is -0.478 e. The first-order chi connectivity index (χ1) is 17.1. The summed E-state index contributed by atoms with van der Waals surface area (Å²) in [4.78, 5) is 35.2. The lowest BCUT2D eigenvalue weighted by Gasteiger charge is -2.42. The summed E-state index contributed by atoms with van der Waals surface area (Å²) in [5.41, 5.74) is 3.48. The van der Waals surface area contributed by atoms with Gasteiger partial charge in [-0.3, -0.25) is 9.69 Å². The summed E-state index contributed by atoms with van der Waals surface area (Å²) in [5, 5.41) is 10.2. The third-order valence-electron chi connectivity index (χ3n) is 7.56. The fraction of sp³-hybridized carbons (Fsp3) is 0.370. The number of furan rings is 1. The van der Waals surface area contributed by atoms with E-state index in [1.165, 1.54) is 11.8 Å². The number of anilines is 1. The zero-order valence-electron chi connectivity index (χ0n) is 19.5. The Bertz CT molecular complexity index is 1280. The molecule has 0 saturated carbocycles. The average molecular weight is 473 g/mol. The van der Waals surface area contributed by atoms with Crippen LogP contribution in [0.4, 0.5) is 5.82 Å². The van der Waals surface area contributed by atoms with Crippen molar-refractivity contribution < 1.29 is 19.1 Å². The second-order valence-electron chi connectivity index (χ2n) is 9.66. The highest BCUT2D eigenvalue weighted by Gasteiger charge is 2.41. The molecule has 0 spiro atoms. The summed E-state index contributed by atoms with van der Waals surface area (Å²) in [6.07, 6.45) is 8.26. The number of fused-ring (bicyclic) bond motifs is 3. The van der Waals surface area contributed by atoms with Crippen LogP contribution < -0.4 is 4.90 Å². The van der Waals surface area contributed by atoms with Crippen molar-refractivity contribution in [3.8, 4) is 0 Å². The second kappa shape index (κ2) is 8.85. The van der Waals surface area contributed by atoms with Crippen LogP contribution in [-0.4, -0.2) is 76.6 Å². The number of nitrogens with zero attached hydrogens (tertiary/aromatic N) is 4. The summed E-state index contributed by atoms with van der Waals surface area (Å²) in [5.74, 6) is 0.0371. The van der Waals surface area contributed by atoms with Gasteiger partial charge < -0.3 is 19.3 Å². The van der Waals surface area contributed by atoms with E-state index in [0.29, 0.717) is 31.7 Å². The third kappa shape index (κ3) is 4.08. The Labute approximate surface area is 203 Å². The quantitative estimate of drug-likeness (QED) is 0.608. The van der Waals surface area contributed by atoms with E-state index in [1.54, 1.807) is 18.4 Å². The lowest BCUT2D eigenvalue weighted by atomic mass is 9.98. The molecule has 2 bridgehead atoms. The molecule has 35 heavy (non-hydrogen) atoms. The maximum atomic E-state index is 13.1. The van der Waals surface area contributed by atoms with Crippen molar-refractivity contribution in [3.05, 3.63) is 66.1 Å². The molecule has 8 heteroatoms. The number of likely N-dealkylation sites (tertiary alicyclic amines) is 1. The van der Waals surface area contributed by atoms with Gasteiger partial charge in [-0.05, 0) is 43.0 Å². The normalized spacial score (nSPS) is 22.5. The first-order valence-electron chi connectivity index (χ1n) is 12.2. The fourth-order valence-electron chi connectivity index (χ4n) is 5.84. The summed E-state index contributed by atoms with van der Waals surface area (Å²) >= 11 is 0. The molecule has 0 radical (unpaired) electrons. The van der Waals surface area contributed by atoms with E-state index in [-0.39, 0.29) is 11.5 Å². The highest BCUT2D eigenvalue weighted by molar-refractivity contribution is 5.90. The molecular formula is C27H28N4O4. The van der Waals surface area contributed by atoms with Crippen LogP contribution in [0.3, 0.4) is 0 Å². The molecule has 3 aromatic rings. The minimum atomic E-state index is -0.965. The lowest BCUT2D eigenvalue weighted by molar-refractivity contribution is -0.132. The molecule has 2 atom stereocenters. The number of hydrogen-bond donors (Lipinski definition) is 1. The smallest absolute Gasteiger partial charge is 0.337 e. The van der Waals surface area contributed by atoms with Gasteiger partial charge in [0.05, 0.1) is 18.4 Å². The SMILES string of the molecule is O=C(O)c1ccc(N2C3CCC2CN(CC(=O)N2CC=C(c4cccc5ccoc45)CC2)C3)nc1. The maximum absolute atomic E-state index is 13.1. The van der Waals surface area contributed by atoms with Crippen molar-refractivity contribution in [1.29, 1.82) is 0 Å². The number of pyridine rings is 1. The Kier molecular flexibility index (Phi) is 5.53. The monoisotopic (exact) mass is 472 g/mol. The molecule has 2 fully saturated rings. The lowest BCUT2D eigenvalue weighted by Crippen LogP contribution is -2.56. The Morgan fingerprint density at radius 1 is 1.09 bits per heavy atom. The zero-order chi connectivity index (χ0) is 23.9. The van der Waals surface area contributed by atoms with E-state index in [1.807, 2.05) is 11.0 Å². The van der Waals surface area contributed by atoms with E-state index in [9.17, 15) is 9.59 Å². The molecule has 1 amide bonds. The van der Waals surface area contributed by atoms with Gasteiger partial charge in [-0.25, -0.2) is 9.78 Å². The number of benzene rings is 1. The van der Waals surface area contributed by atoms with Crippen molar-refractivity contribution in [2.75, 3.05) is 37.6 Å². The van der Waals surface area contributed by atoms with E-state index in [2.05, 4.69) is 39.1 Å². The molecule has 180 valence electrons. The van der Waals surface area contributed by atoms with Crippen molar-refractivity contribution in [1.82, 2.24) is 14.8 Å². The minimum absolute atomic E-state index is 0.174. The van der Waals surface area contributed by atoms with Crippen LogP contribution in [0.2, 0.25) is 0 Å². The number of para-hydroxylation sites is 1. The molecule has 3 aliphatic rings. The van der Waals surface area contributed by atoms with Gasteiger partial charge in [0.15, 0.2) is 0 Å². The van der Waals surface area contributed by atoms with Crippen molar-refractivity contribution in [2.45, 2.75) is 31.3 Å². The number of hydrogen-bond acceptors (Lipinski definition) is 6. The number of aromatic carboxylic acids is 1. The van der Waals surface area contributed by atoms with Gasteiger partial charge in [-0.1, -0.05) is 24.3 Å². The number of carbonyl (C=O) groups is 2. The summed E-state index contributed by atoms with van der Waals surface area (Å²) in [6, 6.07) is 12.2. The number of amides is 1. The fourth-order valence-corrected chi connectivity index (χ4v) is 5.84. The molecule has 2 unspecified atom stereocenters. The number of aromatic nitrogens is 1. The Hall–Kier alpha value is -3.65. The second-order valence-corrected chi connectivity index (χ2v) is 9.66. The summed E-state index contributed by atoms with van der Waals surface area (Å²) in [6.45, 7) is 3.41. The van der Waals surface area contributed by atoms with Crippen LogP contribution in [0.15, 0.2) is 59.4 Å². The zero-order valence-corrected chi connectivity index (χ0v) is 19.5. The highest BCUT2D eigenvalue weighted by atomic mass is 16.4. The van der Waals surface area contributed by atoms with Gasteiger partial charge in [0, 0.05) is 55.4 Å². The Morgan fingerprint density at radius 3 is 2.60 bits per heavy atom. The molecule has 8 nitrogen and oxygen atoms in total. The van der Waals surface area contributed by atoms with Crippen molar-refractivity contribution in [3.63, 3.8) is 0 Å². The number of carboxylic acids is 1. The molecule has 5 heterocycles. The number of carboxylic acid groups (broad SMARTS) is 1. The molecule has 3 aliphatic heterocycles.